The van der Waals surface area contributed by atoms with Crippen LogP contribution >= 0.6 is 0 Å². The van der Waals surface area contributed by atoms with Gasteiger partial charge in [-0.25, -0.2) is 0 Å². The zero-order valence-electron chi connectivity index (χ0n) is 16.6. The summed E-state index contributed by atoms with van der Waals surface area (Å²) >= 11 is 0. The lowest BCUT2D eigenvalue weighted by Crippen LogP contribution is -2.30. The van der Waals surface area contributed by atoms with Crippen molar-refractivity contribution in [2.45, 2.75) is 45.1 Å². The highest BCUT2D eigenvalue weighted by Crippen LogP contribution is 2.26. The van der Waals surface area contributed by atoms with Gasteiger partial charge in [0.15, 0.2) is 0 Å². The molecule has 0 radical (unpaired) electrons. The van der Waals surface area contributed by atoms with Gasteiger partial charge in [-0.1, -0.05) is 43.3 Å². The lowest BCUT2D eigenvalue weighted by Gasteiger charge is -2.22. The Kier molecular flexibility index (Phi) is 6.49. The van der Waals surface area contributed by atoms with Crippen LogP contribution in [0.5, 0.6) is 0 Å². The molecular weight excluding hydrogens is 346 g/mol. The molecule has 0 saturated heterocycles. The quantitative estimate of drug-likeness (QED) is 0.591. The number of carbonyl (C=O) groups is 1. The van der Waals surface area contributed by atoms with E-state index in [9.17, 15) is 10.1 Å². The SMILES string of the molecule is CCC(NC(=O)/C(C#N)=C\N(C)c1ccccc1)c1ccc2c(c1)CCCC2. The lowest BCUT2D eigenvalue weighted by atomic mass is 9.88. The number of aryl methyl sites for hydroxylation is 2. The Morgan fingerprint density at radius 3 is 2.57 bits per heavy atom. The topological polar surface area (TPSA) is 56.1 Å². The van der Waals surface area contributed by atoms with Crippen molar-refractivity contribution in [2.75, 3.05) is 11.9 Å². The van der Waals surface area contributed by atoms with E-state index in [-0.39, 0.29) is 17.5 Å². The summed E-state index contributed by atoms with van der Waals surface area (Å²) in [5.74, 6) is -0.338. The van der Waals surface area contributed by atoms with Crippen molar-refractivity contribution in [1.29, 1.82) is 5.26 Å². The van der Waals surface area contributed by atoms with Crippen molar-refractivity contribution in [3.63, 3.8) is 0 Å². The number of carbonyl (C=O) groups excluding carboxylic acids is 1. The van der Waals surface area contributed by atoms with Gasteiger partial charge in [0.2, 0.25) is 0 Å². The van der Waals surface area contributed by atoms with Gasteiger partial charge in [-0.05, 0) is 60.9 Å². The van der Waals surface area contributed by atoms with Crippen molar-refractivity contribution < 1.29 is 4.79 Å². The number of hydrogen-bond acceptors (Lipinski definition) is 3. The Morgan fingerprint density at radius 2 is 1.89 bits per heavy atom. The molecule has 0 bridgehead atoms. The van der Waals surface area contributed by atoms with Crippen LogP contribution in [0.3, 0.4) is 0 Å². The fourth-order valence-corrected chi connectivity index (χ4v) is 3.70. The first-order valence-corrected chi connectivity index (χ1v) is 9.94. The van der Waals surface area contributed by atoms with Crippen LogP contribution in [-0.4, -0.2) is 13.0 Å². The molecular formula is C24H27N3O. The largest absolute Gasteiger partial charge is 0.350 e. The average molecular weight is 374 g/mol. The van der Waals surface area contributed by atoms with E-state index in [1.54, 1.807) is 11.1 Å². The molecule has 1 amide bonds. The maximum Gasteiger partial charge on any atom is 0.263 e. The van der Waals surface area contributed by atoms with Crippen molar-refractivity contribution in [2.24, 2.45) is 0 Å². The summed E-state index contributed by atoms with van der Waals surface area (Å²) in [5.41, 5.74) is 4.97. The molecule has 1 aliphatic carbocycles. The molecule has 144 valence electrons. The highest BCUT2D eigenvalue weighted by molar-refractivity contribution is 5.97. The van der Waals surface area contributed by atoms with Gasteiger partial charge in [-0.2, -0.15) is 5.26 Å². The van der Waals surface area contributed by atoms with Gasteiger partial charge in [0, 0.05) is 18.9 Å². The van der Waals surface area contributed by atoms with E-state index in [1.165, 1.54) is 24.0 Å². The van der Waals surface area contributed by atoms with Crippen molar-refractivity contribution in [1.82, 2.24) is 5.32 Å². The number of benzene rings is 2. The number of anilines is 1. The number of rotatable bonds is 6. The zero-order valence-corrected chi connectivity index (χ0v) is 16.6. The predicted octanol–water partition coefficient (Wildman–Crippen LogP) is 4.68. The maximum atomic E-state index is 12.7. The van der Waals surface area contributed by atoms with Gasteiger partial charge in [0.1, 0.15) is 11.6 Å². The van der Waals surface area contributed by atoms with Crippen molar-refractivity contribution in [3.8, 4) is 6.07 Å². The van der Waals surface area contributed by atoms with E-state index in [2.05, 4.69) is 30.4 Å². The molecule has 3 rings (SSSR count). The first-order chi connectivity index (χ1) is 13.6. The Hall–Kier alpha value is -3.06. The lowest BCUT2D eigenvalue weighted by molar-refractivity contribution is -0.117. The van der Waals surface area contributed by atoms with Crippen LogP contribution in [0, 0.1) is 11.3 Å². The molecule has 2 aromatic carbocycles. The van der Waals surface area contributed by atoms with Crippen LogP contribution in [-0.2, 0) is 17.6 Å². The summed E-state index contributed by atoms with van der Waals surface area (Å²) in [7, 11) is 1.83. The highest BCUT2D eigenvalue weighted by atomic mass is 16.1. The minimum absolute atomic E-state index is 0.0986. The van der Waals surface area contributed by atoms with Gasteiger partial charge in [-0.3, -0.25) is 4.79 Å². The summed E-state index contributed by atoms with van der Waals surface area (Å²) in [6.45, 7) is 2.05. The number of nitrogens with zero attached hydrogens (tertiary/aromatic N) is 2. The molecule has 0 fully saturated rings. The third kappa shape index (κ3) is 4.61. The number of para-hydroxylation sites is 1. The molecule has 2 aromatic rings. The molecule has 4 heteroatoms. The van der Waals surface area contributed by atoms with Crippen molar-refractivity contribution in [3.05, 3.63) is 77.0 Å². The fourth-order valence-electron chi connectivity index (χ4n) is 3.70. The number of amides is 1. The van der Waals surface area contributed by atoms with Gasteiger partial charge < -0.3 is 10.2 Å². The number of fused-ring (bicyclic) bond motifs is 1. The number of nitriles is 1. The standard InChI is InChI=1S/C24H27N3O/c1-3-23(20-14-13-18-9-7-8-10-19(18)15-20)26-24(28)21(16-25)17-27(2)22-11-5-4-6-12-22/h4-6,11-15,17,23H,3,7-10H2,1-2H3,(H,26,28)/b21-17-. The van der Waals surface area contributed by atoms with E-state index in [0.717, 1.165) is 30.5 Å². The minimum atomic E-state index is -0.338. The number of hydrogen-bond donors (Lipinski definition) is 1. The summed E-state index contributed by atoms with van der Waals surface area (Å²) < 4.78 is 0. The molecule has 28 heavy (non-hydrogen) atoms. The Balaban J connectivity index is 1.75. The first-order valence-electron chi connectivity index (χ1n) is 9.94. The van der Waals surface area contributed by atoms with Gasteiger partial charge >= 0.3 is 0 Å². The monoisotopic (exact) mass is 373 g/mol. The molecule has 1 unspecified atom stereocenters. The first kappa shape index (κ1) is 19.7. The predicted molar refractivity (Wildman–Crippen MR) is 113 cm³/mol. The van der Waals surface area contributed by atoms with E-state index in [1.807, 2.05) is 43.4 Å². The second-order valence-electron chi connectivity index (χ2n) is 7.27. The second kappa shape index (κ2) is 9.23. The summed E-state index contributed by atoms with van der Waals surface area (Å²) in [5, 5.41) is 12.5. The average Bonchev–Trinajstić information content (AvgIpc) is 2.75. The van der Waals surface area contributed by atoms with Crippen LogP contribution in [0.4, 0.5) is 5.69 Å². The molecule has 1 N–H and O–H groups in total. The third-order valence-corrected chi connectivity index (χ3v) is 5.34. The van der Waals surface area contributed by atoms with Crippen LogP contribution in [0.2, 0.25) is 0 Å². The van der Waals surface area contributed by atoms with E-state index in [0.29, 0.717) is 0 Å². The second-order valence-corrected chi connectivity index (χ2v) is 7.27. The number of nitrogens with one attached hydrogen (secondary N) is 1. The van der Waals surface area contributed by atoms with Gasteiger partial charge in [-0.15, -0.1) is 0 Å². The van der Waals surface area contributed by atoms with E-state index >= 15 is 0 Å². The Labute approximate surface area is 167 Å². The molecule has 0 aromatic heterocycles. The van der Waals surface area contributed by atoms with Crippen LogP contribution < -0.4 is 10.2 Å². The maximum absolute atomic E-state index is 12.7. The van der Waals surface area contributed by atoms with Gasteiger partial charge in [0.25, 0.3) is 5.91 Å². The molecule has 1 atom stereocenters. The van der Waals surface area contributed by atoms with Crippen LogP contribution in [0.25, 0.3) is 0 Å². The van der Waals surface area contributed by atoms with E-state index in [4.69, 9.17) is 0 Å². The Bertz CT molecular complexity index is 896. The summed E-state index contributed by atoms with van der Waals surface area (Å²) in [6, 6.07) is 18.1. The molecule has 0 spiro atoms. The summed E-state index contributed by atoms with van der Waals surface area (Å²) in [4.78, 5) is 14.5. The molecule has 0 saturated carbocycles. The molecule has 0 heterocycles. The fraction of sp³-hybridized carbons (Fsp3) is 0.333. The third-order valence-electron chi connectivity index (χ3n) is 5.34. The summed E-state index contributed by atoms with van der Waals surface area (Å²) in [6.07, 6.45) is 7.10. The highest BCUT2D eigenvalue weighted by Gasteiger charge is 2.18. The smallest absolute Gasteiger partial charge is 0.263 e. The molecule has 0 aliphatic heterocycles. The molecule has 1 aliphatic rings. The van der Waals surface area contributed by atoms with E-state index < -0.39 is 0 Å². The van der Waals surface area contributed by atoms with Crippen molar-refractivity contribution >= 4 is 11.6 Å². The van der Waals surface area contributed by atoms with Crippen LogP contribution in [0.15, 0.2) is 60.3 Å². The zero-order chi connectivity index (χ0) is 19.9. The van der Waals surface area contributed by atoms with Gasteiger partial charge in [0.05, 0.1) is 6.04 Å². The normalized spacial score (nSPS) is 14.5. The molecule has 4 nitrogen and oxygen atoms in total. The van der Waals surface area contributed by atoms with Crippen LogP contribution in [0.1, 0.15) is 48.9 Å². The Morgan fingerprint density at radius 1 is 1.18 bits per heavy atom. The minimum Gasteiger partial charge on any atom is -0.350 e.